The second-order valence-corrected chi connectivity index (χ2v) is 12.0. The third-order valence-corrected chi connectivity index (χ3v) is 9.63. The summed E-state index contributed by atoms with van der Waals surface area (Å²) >= 11 is 1.69. The fraction of sp³-hybridized carbons (Fsp3) is 0.161. The summed E-state index contributed by atoms with van der Waals surface area (Å²) in [6.07, 6.45) is 9.01. The van der Waals surface area contributed by atoms with E-state index >= 15 is 0 Å². The molecule has 0 fully saturated rings. The van der Waals surface area contributed by atoms with Crippen molar-refractivity contribution in [3.63, 3.8) is 0 Å². The monoisotopic (exact) mass is 551 g/mol. The van der Waals surface area contributed by atoms with Gasteiger partial charge in [0.25, 0.3) is 5.70 Å². The molecule has 6 nitrogen and oxygen atoms in total. The lowest BCUT2D eigenvalue weighted by Crippen LogP contribution is -2.18. The van der Waals surface area contributed by atoms with Crippen LogP contribution in [0, 0.1) is 17.9 Å². The number of nitriles is 1. The van der Waals surface area contributed by atoms with Crippen LogP contribution >= 0.6 is 11.8 Å². The van der Waals surface area contributed by atoms with E-state index < -0.39 is 9.84 Å². The molecule has 0 atom stereocenters. The van der Waals surface area contributed by atoms with Gasteiger partial charge in [0, 0.05) is 17.0 Å². The normalized spacial score (nSPS) is 18.8. The molecule has 0 aliphatic carbocycles. The summed E-state index contributed by atoms with van der Waals surface area (Å²) in [5, 5.41) is 13.0. The van der Waals surface area contributed by atoms with Gasteiger partial charge < -0.3 is 9.64 Å². The Balaban J connectivity index is 1.53. The van der Waals surface area contributed by atoms with Crippen LogP contribution in [0.25, 0.3) is 21.2 Å². The number of unbranched alkanes of at least 4 members (excludes halogenated alkanes) is 1. The number of thioether (sulfide) groups is 1. The number of rotatable bonds is 6. The molecule has 2 aliphatic rings. The van der Waals surface area contributed by atoms with Crippen molar-refractivity contribution in [1.29, 1.82) is 5.26 Å². The van der Waals surface area contributed by atoms with Gasteiger partial charge in [-0.2, -0.15) is 0 Å². The first-order valence-corrected chi connectivity index (χ1v) is 14.8. The molecule has 194 valence electrons. The van der Waals surface area contributed by atoms with Gasteiger partial charge in [-0.1, -0.05) is 61.5 Å². The minimum atomic E-state index is -3.91. The van der Waals surface area contributed by atoms with E-state index in [2.05, 4.69) is 40.9 Å². The van der Waals surface area contributed by atoms with Crippen LogP contribution in [0.2, 0.25) is 0 Å². The summed E-state index contributed by atoms with van der Waals surface area (Å²) in [4.78, 5) is 6.80. The van der Waals surface area contributed by atoms with E-state index in [4.69, 9.17) is 11.3 Å². The quantitative estimate of drug-likeness (QED) is 0.233. The number of hydrogen-bond donors (Lipinski definition) is 0. The number of allylic oxidation sites excluding steroid dienone is 6. The zero-order valence-corrected chi connectivity index (χ0v) is 23.1. The lowest BCUT2D eigenvalue weighted by atomic mass is 10.0. The van der Waals surface area contributed by atoms with E-state index in [1.165, 1.54) is 40.6 Å². The summed E-state index contributed by atoms with van der Waals surface area (Å²) in [6, 6.07) is 19.2. The lowest BCUT2D eigenvalue weighted by Gasteiger charge is -2.20. The molecule has 3 aromatic rings. The van der Waals surface area contributed by atoms with Crippen molar-refractivity contribution in [1.82, 2.24) is 0 Å². The van der Waals surface area contributed by atoms with Crippen LogP contribution in [0.5, 0.6) is 5.75 Å². The fourth-order valence-electron chi connectivity index (χ4n) is 4.74. The third kappa shape index (κ3) is 4.74. The highest BCUT2D eigenvalue weighted by Crippen LogP contribution is 2.48. The molecule has 5 rings (SSSR count). The Morgan fingerprint density at radius 2 is 1.87 bits per heavy atom. The molecule has 2 aliphatic heterocycles. The van der Waals surface area contributed by atoms with Gasteiger partial charge in [-0.3, -0.25) is 0 Å². The Kier molecular flexibility index (Phi) is 7.34. The number of benzene rings is 3. The van der Waals surface area contributed by atoms with E-state index in [0.717, 1.165) is 24.4 Å². The van der Waals surface area contributed by atoms with Gasteiger partial charge >= 0.3 is 0 Å². The number of anilines is 1. The first-order chi connectivity index (χ1) is 18.9. The number of nitrogens with zero attached hydrogens (tertiary/aromatic N) is 3. The number of hydrogen-bond acceptors (Lipinski definition) is 6. The van der Waals surface area contributed by atoms with Crippen LogP contribution < -0.4 is 9.64 Å². The highest BCUT2D eigenvalue weighted by molar-refractivity contribution is 8.03. The standard InChI is InChI=1S/C31H25N3O3S2/c1-4-5-16-34-26-17-21-10-6-7-11-22(21)18-27(26)38-30(34)13-9-8-12-29-31(25(20-32)33-2)24-19-23(37-3)14-15-28(24)39(29,35)36/h6-15,17-19H,4-5,16H2,1,3H3/b9-8+,29-12-,30-13-,31-25+. The molecule has 0 spiro atoms. The maximum absolute atomic E-state index is 13.4. The Bertz CT molecular complexity index is 1790. The van der Waals surface area contributed by atoms with Crippen LogP contribution in [0.4, 0.5) is 5.69 Å². The van der Waals surface area contributed by atoms with Gasteiger partial charge in [0.2, 0.25) is 9.84 Å². The van der Waals surface area contributed by atoms with Crippen LogP contribution in [0.15, 0.2) is 104 Å². The van der Waals surface area contributed by atoms with Crippen molar-refractivity contribution < 1.29 is 13.2 Å². The minimum Gasteiger partial charge on any atom is -0.497 e. The SMILES string of the molecule is [C-]#[N+]/C(C#N)=C1/C(=C/C=C/C=C2\Sc3cc4ccccc4cc3N2CCCC)S(=O)(=O)c2ccc(OC)cc21. The molecule has 2 heterocycles. The number of fused-ring (bicyclic) bond motifs is 3. The minimum absolute atomic E-state index is 0.0623. The maximum atomic E-state index is 13.4. The second kappa shape index (κ2) is 10.9. The van der Waals surface area contributed by atoms with Crippen molar-refractivity contribution in [2.75, 3.05) is 18.6 Å². The van der Waals surface area contributed by atoms with Crippen LogP contribution in [-0.2, 0) is 9.84 Å². The molecule has 0 bridgehead atoms. The first kappa shape index (κ1) is 26.4. The molecule has 0 saturated heterocycles. The predicted molar refractivity (Wildman–Crippen MR) is 157 cm³/mol. The van der Waals surface area contributed by atoms with Gasteiger partial charge in [0.15, 0.2) is 0 Å². The molecule has 0 saturated carbocycles. The molecule has 39 heavy (non-hydrogen) atoms. The average Bonchev–Trinajstić information content (AvgIpc) is 3.39. The lowest BCUT2D eigenvalue weighted by molar-refractivity contribution is 0.414. The van der Waals surface area contributed by atoms with E-state index in [9.17, 15) is 13.7 Å². The third-order valence-electron chi connectivity index (χ3n) is 6.67. The zero-order valence-electron chi connectivity index (χ0n) is 21.5. The van der Waals surface area contributed by atoms with E-state index in [1.54, 1.807) is 36.0 Å². The number of methoxy groups -OCH3 is 1. The smallest absolute Gasteiger partial charge is 0.270 e. The van der Waals surface area contributed by atoms with Crippen molar-refractivity contribution >= 4 is 43.6 Å². The molecule has 0 unspecified atom stereocenters. The fourth-order valence-corrected chi connectivity index (χ4v) is 7.54. The predicted octanol–water partition coefficient (Wildman–Crippen LogP) is 7.48. The van der Waals surface area contributed by atoms with Gasteiger partial charge in [-0.25, -0.2) is 18.5 Å². The highest BCUT2D eigenvalue weighted by Gasteiger charge is 2.38. The highest BCUT2D eigenvalue weighted by atomic mass is 32.2. The van der Waals surface area contributed by atoms with Crippen LogP contribution in [0.3, 0.4) is 0 Å². The van der Waals surface area contributed by atoms with Crippen LogP contribution in [-0.4, -0.2) is 22.1 Å². The maximum Gasteiger partial charge on any atom is 0.270 e. The van der Waals surface area contributed by atoms with Crippen LogP contribution in [0.1, 0.15) is 25.3 Å². The molecule has 8 heteroatoms. The summed E-state index contributed by atoms with van der Waals surface area (Å²) < 4.78 is 32.1. The Hall–Kier alpha value is -4.24. The van der Waals surface area contributed by atoms with E-state index in [1.807, 2.05) is 24.3 Å². The van der Waals surface area contributed by atoms with Gasteiger partial charge in [-0.15, -0.1) is 0 Å². The van der Waals surface area contributed by atoms with E-state index in [-0.39, 0.29) is 21.1 Å². The zero-order chi connectivity index (χ0) is 27.6. The summed E-state index contributed by atoms with van der Waals surface area (Å²) in [5.41, 5.74) is 1.31. The molecule has 3 aromatic carbocycles. The largest absolute Gasteiger partial charge is 0.497 e. The molecule has 0 amide bonds. The van der Waals surface area contributed by atoms with Crippen molar-refractivity contribution in [3.8, 4) is 11.8 Å². The first-order valence-electron chi connectivity index (χ1n) is 12.5. The Morgan fingerprint density at radius 1 is 1.13 bits per heavy atom. The number of ether oxygens (including phenoxy) is 1. The van der Waals surface area contributed by atoms with Gasteiger partial charge in [-0.05, 0) is 65.2 Å². The van der Waals surface area contributed by atoms with E-state index in [0.29, 0.717) is 11.3 Å². The van der Waals surface area contributed by atoms with Gasteiger partial charge in [0.05, 0.1) is 40.3 Å². The second-order valence-electron chi connectivity index (χ2n) is 9.01. The summed E-state index contributed by atoms with van der Waals surface area (Å²) in [7, 11) is -2.43. The summed E-state index contributed by atoms with van der Waals surface area (Å²) in [6.45, 7) is 10.5. The Labute approximate surface area is 232 Å². The summed E-state index contributed by atoms with van der Waals surface area (Å²) in [5.74, 6) is 0.447. The molecular formula is C31H25N3O3S2. The van der Waals surface area contributed by atoms with Crippen molar-refractivity contribution in [2.45, 2.75) is 29.6 Å². The molecular weight excluding hydrogens is 526 g/mol. The number of sulfone groups is 1. The van der Waals surface area contributed by atoms with Gasteiger partial charge in [0.1, 0.15) is 5.75 Å². The topological polar surface area (TPSA) is 74.8 Å². The molecule has 0 aromatic heterocycles. The molecule has 0 N–H and O–H groups in total. The van der Waals surface area contributed by atoms with Crippen molar-refractivity contribution in [2.24, 2.45) is 0 Å². The average molecular weight is 552 g/mol. The van der Waals surface area contributed by atoms with Crippen molar-refractivity contribution in [3.05, 3.63) is 112 Å². The molecule has 0 radical (unpaired) electrons. The Morgan fingerprint density at radius 3 is 2.56 bits per heavy atom.